The number of nitrogens with one attached hydrogen (secondary N) is 1. The molecule has 2 fully saturated rings. The van der Waals surface area contributed by atoms with Gasteiger partial charge in [0, 0.05) is 36.3 Å². The molecule has 3 heterocycles. The first-order chi connectivity index (χ1) is 15.7. The Kier molecular flexibility index (Phi) is 5.84. The Bertz CT molecular complexity index is 1150. The Hall–Kier alpha value is -3.28. The summed E-state index contributed by atoms with van der Waals surface area (Å²) in [6, 6.07) is 11.5. The van der Waals surface area contributed by atoms with Crippen molar-refractivity contribution in [1.29, 1.82) is 5.26 Å². The zero-order chi connectivity index (χ0) is 21.9. The van der Waals surface area contributed by atoms with E-state index in [2.05, 4.69) is 21.4 Å². The SMILES string of the molecule is N#Cc1cc(-c2ccnc(NC(=O)[C@H]3C[C@@H]3c3cscn3)c2)ccc1OC1CCOCC1. The van der Waals surface area contributed by atoms with E-state index in [0.29, 0.717) is 30.3 Å². The van der Waals surface area contributed by atoms with Crippen LogP contribution in [0.5, 0.6) is 5.75 Å². The van der Waals surface area contributed by atoms with Gasteiger partial charge in [-0.1, -0.05) is 6.07 Å². The monoisotopic (exact) mass is 446 g/mol. The number of nitriles is 1. The summed E-state index contributed by atoms with van der Waals surface area (Å²) in [6.45, 7) is 1.36. The largest absolute Gasteiger partial charge is 0.489 e. The van der Waals surface area contributed by atoms with Crippen molar-refractivity contribution >= 4 is 23.1 Å². The van der Waals surface area contributed by atoms with Crippen LogP contribution in [0.1, 0.15) is 36.4 Å². The molecule has 0 bridgehead atoms. The lowest BCUT2D eigenvalue weighted by Gasteiger charge is -2.23. The molecule has 0 spiro atoms. The van der Waals surface area contributed by atoms with Crippen LogP contribution in [0.4, 0.5) is 5.82 Å². The van der Waals surface area contributed by atoms with Gasteiger partial charge in [-0.05, 0) is 41.8 Å². The first-order valence-electron chi connectivity index (χ1n) is 10.6. The number of hydrogen-bond donors (Lipinski definition) is 1. The molecule has 1 saturated carbocycles. The van der Waals surface area contributed by atoms with Crippen LogP contribution in [0.15, 0.2) is 47.4 Å². The summed E-state index contributed by atoms with van der Waals surface area (Å²) in [5.74, 6) is 1.19. The second kappa shape index (κ2) is 9.07. The molecule has 2 atom stereocenters. The molecule has 1 N–H and O–H groups in total. The van der Waals surface area contributed by atoms with Gasteiger partial charge in [0.15, 0.2) is 0 Å². The molecule has 2 aromatic heterocycles. The predicted octanol–water partition coefficient (Wildman–Crippen LogP) is 4.38. The molecule has 1 aliphatic carbocycles. The van der Waals surface area contributed by atoms with E-state index in [0.717, 1.165) is 36.1 Å². The average molecular weight is 447 g/mol. The molecule has 8 heteroatoms. The fourth-order valence-electron chi connectivity index (χ4n) is 3.99. The van der Waals surface area contributed by atoms with Crippen molar-refractivity contribution in [3.63, 3.8) is 0 Å². The summed E-state index contributed by atoms with van der Waals surface area (Å²) < 4.78 is 11.4. The third kappa shape index (κ3) is 4.49. The zero-order valence-electron chi connectivity index (χ0n) is 17.4. The summed E-state index contributed by atoms with van der Waals surface area (Å²) in [5, 5.41) is 14.6. The number of benzene rings is 1. The quantitative estimate of drug-likeness (QED) is 0.604. The molecule has 0 radical (unpaired) electrons. The fourth-order valence-corrected chi connectivity index (χ4v) is 4.61. The Balaban J connectivity index is 1.28. The maximum absolute atomic E-state index is 12.6. The van der Waals surface area contributed by atoms with Gasteiger partial charge >= 0.3 is 0 Å². The smallest absolute Gasteiger partial charge is 0.229 e. The summed E-state index contributed by atoms with van der Waals surface area (Å²) in [5.41, 5.74) is 5.01. The minimum Gasteiger partial charge on any atom is -0.489 e. The molecule has 32 heavy (non-hydrogen) atoms. The van der Waals surface area contributed by atoms with Crippen LogP contribution in [0, 0.1) is 17.2 Å². The van der Waals surface area contributed by atoms with Crippen LogP contribution in [-0.4, -0.2) is 35.2 Å². The number of thiazole rings is 1. The second-order valence-corrected chi connectivity index (χ2v) is 8.75. The maximum Gasteiger partial charge on any atom is 0.229 e. The highest BCUT2D eigenvalue weighted by atomic mass is 32.1. The Morgan fingerprint density at radius 1 is 1.19 bits per heavy atom. The molecular formula is C24H22N4O3S. The Labute approximate surface area is 190 Å². The third-order valence-corrected chi connectivity index (χ3v) is 6.47. The van der Waals surface area contributed by atoms with Gasteiger partial charge in [-0.15, -0.1) is 11.3 Å². The van der Waals surface area contributed by atoms with E-state index in [1.54, 1.807) is 23.0 Å². The highest BCUT2D eigenvalue weighted by Gasteiger charge is 2.45. The number of aromatic nitrogens is 2. The highest BCUT2D eigenvalue weighted by molar-refractivity contribution is 7.07. The highest BCUT2D eigenvalue weighted by Crippen LogP contribution is 2.47. The van der Waals surface area contributed by atoms with Gasteiger partial charge in [0.1, 0.15) is 23.7 Å². The molecule has 0 unspecified atom stereocenters. The van der Waals surface area contributed by atoms with E-state index in [9.17, 15) is 10.1 Å². The molecule has 5 rings (SSSR count). The summed E-state index contributed by atoms with van der Waals surface area (Å²) in [6.07, 6.45) is 4.19. The van der Waals surface area contributed by atoms with Crippen molar-refractivity contribution in [2.24, 2.45) is 5.92 Å². The molecule has 2 aliphatic rings. The number of ether oxygens (including phenoxy) is 2. The lowest BCUT2D eigenvalue weighted by molar-refractivity contribution is -0.117. The number of carbonyl (C=O) groups is 1. The van der Waals surface area contributed by atoms with E-state index >= 15 is 0 Å². The van der Waals surface area contributed by atoms with Crippen molar-refractivity contribution < 1.29 is 14.3 Å². The predicted molar refractivity (Wildman–Crippen MR) is 120 cm³/mol. The zero-order valence-corrected chi connectivity index (χ0v) is 18.2. The van der Waals surface area contributed by atoms with Gasteiger partial charge in [0.25, 0.3) is 0 Å². The van der Waals surface area contributed by atoms with Crippen LogP contribution >= 0.6 is 11.3 Å². The minimum atomic E-state index is -0.0608. The fraction of sp³-hybridized carbons (Fsp3) is 0.333. The van der Waals surface area contributed by atoms with Gasteiger partial charge in [0.2, 0.25) is 5.91 Å². The maximum atomic E-state index is 12.6. The number of rotatable bonds is 6. The molecule has 1 saturated heterocycles. The third-order valence-electron chi connectivity index (χ3n) is 5.87. The van der Waals surface area contributed by atoms with Crippen LogP contribution in [-0.2, 0) is 9.53 Å². The van der Waals surface area contributed by atoms with Crippen molar-refractivity contribution in [3.8, 4) is 22.9 Å². The van der Waals surface area contributed by atoms with E-state index in [1.807, 2.05) is 35.7 Å². The van der Waals surface area contributed by atoms with Crippen LogP contribution < -0.4 is 10.1 Å². The van der Waals surface area contributed by atoms with Gasteiger partial charge in [-0.2, -0.15) is 5.26 Å². The summed E-state index contributed by atoms with van der Waals surface area (Å²) >= 11 is 1.55. The van der Waals surface area contributed by atoms with Crippen molar-refractivity contribution in [2.75, 3.05) is 18.5 Å². The number of pyridine rings is 1. The molecule has 1 aliphatic heterocycles. The van der Waals surface area contributed by atoms with Crippen molar-refractivity contribution in [2.45, 2.75) is 31.3 Å². The number of carbonyl (C=O) groups excluding carboxylic acids is 1. The summed E-state index contributed by atoms with van der Waals surface area (Å²) in [4.78, 5) is 21.2. The first-order valence-corrected chi connectivity index (χ1v) is 11.6. The van der Waals surface area contributed by atoms with Crippen molar-refractivity contribution in [1.82, 2.24) is 9.97 Å². The van der Waals surface area contributed by atoms with E-state index in [-0.39, 0.29) is 23.8 Å². The lowest BCUT2D eigenvalue weighted by Crippen LogP contribution is -2.26. The van der Waals surface area contributed by atoms with Gasteiger partial charge in [-0.25, -0.2) is 9.97 Å². The lowest BCUT2D eigenvalue weighted by atomic mass is 10.0. The number of amides is 1. The summed E-state index contributed by atoms with van der Waals surface area (Å²) in [7, 11) is 0. The van der Waals surface area contributed by atoms with Crippen molar-refractivity contribution in [3.05, 3.63) is 58.7 Å². The topological polar surface area (TPSA) is 97.1 Å². The van der Waals surface area contributed by atoms with Crippen LogP contribution in [0.3, 0.4) is 0 Å². The second-order valence-electron chi connectivity index (χ2n) is 8.03. The standard InChI is InChI=1S/C24H22N4O3S/c25-12-17-9-15(1-2-22(17)31-18-4-7-30-8-5-18)16-3-6-26-23(10-16)28-24(29)20-11-19(20)21-13-32-14-27-21/h1-3,6,9-10,13-14,18-20H,4-5,7-8,11H2,(H,26,28,29)/t19-,20-/m0/s1. The minimum absolute atomic E-state index is 0.0365. The Morgan fingerprint density at radius 3 is 2.81 bits per heavy atom. The van der Waals surface area contributed by atoms with Gasteiger partial charge in [-0.3, -0.25) is 4.79 Å². The number of hydrogen-bond acceptors (Lipinski definition) is 7. The average Bonchev–Trinajstić information content (AvgIpc) is 3.45. The van der Waals surface area contributed by atoms with E-state index in [4.69, 9.17) is 9.47 Å². The number of anilines is 1. The molecule has 1 aromatic carbocycles. The van der Waals surface area contributed by atoms with Gasteiger partial charge in [0.05, 0.1) is 30.0 Å². The molecule has 1 amide bonds. The number of nitrogens with zero attached hydrogens (tertiary/aromatic N) is 3. The normalized spacial score (nSPS) is 20.3. The molecule has 7 nitrogen and oxygen atoms in total. The molecule has 162 valence electrons. The van der Waals surface area contributed by atoms with E-state index < -0.39 is 0 Å². The van der Waals surface area contributed by atoms with E-state index in [1.165, 1.54) is 0 Å². The van der Waals surface area contributed by atoms with Crippen LogP contribution in [0.25, 0.3) is 11.1 Å². The first kappa shape index (κ1) is 20.6. The Morgan fingerprint density at radius 2 is 2.03 bits per heavy atom. The van der Waals surface area contributed by atoms with Gasteiger partial charge < -0.3 is 14.8 Å². The van der Waals surface area contributed by atoms with Crippen LogP contribution in [0.2, 0.25) is 0 Å². The molecule has 3 aromatic rings. The molecular weight excluding hydrogens is 424 g/mol.